The van der Waals surface area contributed by atoms with E-state index in [2.05, 4.69) is 33.9 Å². The Hall–Kier alpha value is -2.28. The van der Waals surface area contributed by atoms with E-state index in [4.69, 9.17) is 14.7 Å². The minimum Gasteiger partial charge on any atom is -0.496 e. The van der Waals surface area contributed by atoms with Gasteiger partial charge >= 0.3 is 0 Å². The van der Waals surface area contributed by atoms with E-state index in [1.54, 1.807) is 18.4 Å². The van der Waals surface area contributed by atoms with Crippen molar-refractivity contribution in [2.45, 2.75) is 32.6 Å². The van der Waals surface area contributed by atoms with Crippen molar-refractivity contribution < 1.29 is 4.74 Å². The minimum absolute atomic E-state index is 0.729. The maximum absolute atomic E-state index is 5.42. The molecule has 1 fully saturated rings. The second kappa shape index (κ2) is 10.9. The van der Waals surface area contributed by atoms with Gasteiger partial charge in [-0.1, -0.05) is 18.2 Å². The van der Waals surface area contributed by atoms with Gasteiger partial charge in [-0.25, -0.2) is 4.98 Å². The largest absolute Gasteiger partial charge is 0.496 e. The number of aromatic nitrogens is 1. The third-order valence-electron chi connectivity index (χ3n) is 4.78. The highest BCUT2D eigenvalue weighted by Gasteiger charge is 2.15. The summed E-state index contributed by atoms with van der Waals surface area (Å²) in [6.07, 6.45) is 4.32. The van der Waals surface area contributed by atoms with Crippen molar-refractivity contribution in [2.24, 2.45) is 4.99 Å². The molecule has 2 aromatic rings. The number of hydrogen-bond acceptors (Lipinski definition) is 5. The molecular formula is C21H31N5OS. The van der Waals surface area contributed by atoms with Gasteiger partial charge < -0.3 is 20.3 Å². The third kappa shape index (κ3) is 5.86. The number of methoxy groups -OCH3 is 1. The average Bonchev–Trinajstić information content (AvgIpc) is 3.40. The highest BCUT2D eigenvalue weighted by molar-refractivity contribution is 7.13. The molecule has 1 saturated heterocycles. The normalized spacial score (nSPS) is 14.4. The Balaban J connectivity index is 1.47. The lowest BCUT2D eigenvalue weighted by atomic mass is 10.1. The predicted octanol–water partition coefficient (Wildman–Crippen LogP) is 3.09. The summed E-state index contributed by atoms with van der Waals surface area (Å²) in [7, 11) is 1.71. The molecule has 1 aromatic carbocycles. The molecule has 0 aliphatic carbocycles. The molecule has 0 saturated carbocycles. The van der Waals surface area contributed by atoms with Crippen molar-refractivity contribution in [3.63, 3.8) is 0 Å². The first-order valence-electron chi connectivity index (χ1n) is 10.1. The van der Waals surface area contributed by atoms with Crippen molar-refractivity contribution in [1.29, 1.82) is 0 Å². The van der Waals surface area contributed by atoms with Crippen LogP contribution in [0.2, 0.25) is 0 Å². The first-order chi connectivity index (χ1) is 13.8. The summed E-state index contributed by atoms with van der Waals surface area (Å²) >= 11 is 1.75. The fourth-order valence-electron chi connectivity index (χ4n) is 3.31. The summed E-state index contributed by atoms with van der Waals surface area (Å²) in [5.74, 6) is 1.79. The van der Waals surface area contributed by atoms with E-state index in [9.17, 15) is 0 Å². The molecular weight excluding hydrogens is 370 g/mol. The molecule has 152 valence electrons. The van der Waals surface area contributed by atoms with Gasteiger partial charge in [0.15, 0.2) is 11.1 Å². The average molecular weight is 402 g/mol. The van der Waals surface area contributed by atoms with Gasteiger partial charge in [-0.05, 0) is 37.8 Å². The number of ether oxygens (including phenoxy) is 1. The van der Waals surface area contributed by atoms with Gasteiger partial charge in [0.1, 0.15) is 5.75 Å². The van der Waals surface area contributed by atoms with Crippen LogP contribution in [-0.4, -0.2) is 50.8 Å². The minimum atomic E-state index is 0.729. The molecule has 0 atom stereocenters. The Morgan fingerprint density at radius 2 is 2.04 bits per heavy atom. The smallest absolute Gasteiger partial charge is 0.191 e. The Morgan fingerprint density at radius 3 is 2.82 bits per heavy atom. The van der Waals surface area contributed by atoms with Crippen LogP contribution >= 0.6 is 11.3 Å². The summed E-state index contributed by atoms with van der Waals surface area (Å²) in [5.41, 5.74) is 2.34. The molecule has 3 rings (SSSR count). The topological polar surface area (TPSA) is 61.8 Å². The third-order valence-corrected chi connectivity index (χ3v) is 5.73. The number of guanidine groups is 1. The summed E-state index contributed by atoms with van der Waals surface area (Å²) in [6, 6.07) is 8.14. The number of rotatable bonds is 9. The maximum Gasteiger partial charge on any atom is 0.191 e. The lowest BCUT2D eigenvalue weighted by molar-refractivity contribution is 0.409. The van der Waals surface area contributed by atoms with Crippen molar-refractivity contribution in [1.82, 2.24) is 15.6 Å². The Morgan fingerprint density at radius 1 is 1.21 bits per heavy atom. The monoisotopic (exact) mass is 401 g/mol. The van der Waals surface area contributed by atoms with Crippen LogP contribution in [-0.2, 0) is 12.8 Å². The number of thiazole rings is 1. The number of aliphatic imine (C=N–C) groups is 1. The van der Waals surface area contributed by atoms with Crippen LogP contribution in [0.15, 0.2) is 34.6 Å². The summed E-state index contributed by atoms with van der Waals surface area (Å²) in [5, 5.41) is 10.1. The lowest BCUT2D eigenvalue weighted by Crippen LogP contribution is -2.38. The van der Waals surface area contributed by atoms with E-state index in [-0.39, 0.29) is 0 Å². The second-order valence-corrected chi connectivity index (χ2v) is 7.65. The molecule has 0 amide bonds. The first kappa shape index (κ1) is 20.5. The van der Waals surface area contributed by atoms with Crippen LogP contribution in [0.5, 0.6) is 5.75 Å². The van der Waals surface area contributed by atoms with E-state index in [1.807, 2.05) is 18.2 Å². The van der Waals surface area contributed by atoms with Gasteiger partial charge in [0.25, 0.3) is 0 Å². The molecule has 6 nitrogen and oxygen atoms in total. The molecule has 0 bridgehead atoms. The zero-order chi connectivity index (χ0) is 19.6. The molecule has 0 unspecified atom stereocenters. The van der Waals surface area contributed by atoms with E-state index in [1.165, 1.54) is 23.5 Å². The van der Waals surface area contributed by atoms with Crippen LogP contribution in [0.1, 0.15) is 31.0 Å². The van der Waals surface area contributed by atoms with Crippen LogP contribution < -0.4 is 20.3 Å². The highest BCUT2D eigenvalue weighted by Crippen LogP contribution is 2.24. The van der Waals surface area contributed by atoms with Crippen molar-refractivity contribution in [3.05, 3.63) is 40.9 Å². The SMILES string of the molecule is CCNC(=NCCc1csc(N2CCCC2)n1)NCCc1ccccc1OC. The number of para-hydroxylation sites is 1. The van der Waals surface area contributed by atoms with Crippen LogP contribution in [0, 0.1) is 0 Å². The molecule has 2 N–H and O–H groups in total. The Kier molecular flexibility index (Phi) is 7.96. The van der Waals surface area contributed by atoms with E-state index >= 15 is 0 Å². The molecule has 28 heavy (non-hydrogen) atoms. The van der Waals surface area contributed by atoms with Gasteiger partial charge in [-0.2, -0.15) is 0 Å². The highest BCUT2D eigenvalue weighted by atomic mass is 32.1. The fraction of sp³-hybridized carbons (Fsp3) is 0.524. The molecule has 1 aliphatic rings. The molecule has 1 aliphatic heterocycles. The van der Waals surface area contributed by atoms with Crippen LogP contribution in [0.4, 0.5) is 5.13 Å². The summed E-state index contributed by atoms with van der Waals surface area (Å²) in [6.45, 7) is 6.75. The fourth-order valence-corrected chi connectivity index (χ4v) is 4.23. The Labute approximate surface area is 172 Å². The number of benzene rings is 1. The summed E-state index contributed by atoms with van der Waals surface area (Å²) in [4.78, 5) is 11.9. The number of nitrogens with one attached hydrogen (secondary N) is 2. The standard InChI is InChI=1S/C21H31N5OS/c1-3-22-20(23-12-10-17-8-4-5-9-19(17)27-2)24-13-11-18-16-28-21(25-18)26-14-6-7-15-26/h4-5,8-9,16H,3,6-7,10-15H2,1-2H3,(H2,22,23,24). The number of nitrogens with zero attached hydrogens (tertiary/aromatic N) is 3. The number of hydrogen-bond donors (Lipinski definition) is 2. The van der Waals surface area contributed by atoms with E-state index in [0.29, 0.717) is 0 Å². The molecule has 0 radical (unpaired) electrons. The first-order valence-corrected chi connectivity index (χ1v) is 11.0. The molecule has 7 heteroatoms. The van der Waals surface area contributed by atoms with E-state index in [0.717, 1.165) is 63.0 Å². The lowest BCUT2D eigenvalue weighted by Gasteiger charge is -2.13. The van der Waals surface area contributed by atoms with Crippen molar-refractivity contribution >= 4 is 22.4 Å². The van der Waals surface area contributed by atoms with Gasteiger partial charge in [0.05, 0.1) is 12.8 Å². The van der Waals surface area contributed by atoms with E-state index < -0.39 is 0 Å². The Bertz CT molecular complexity index is 755. The molecule has 2 heterocycles. The maximum atomic E-state index is 5.42. The number of anilines is 1. The van der Waals surface area contributed by atoms with Gasteiger partial charge in [0.2, 0.25) is 0 Å². The van der Waals surface area contributed by atoms with Gasteiger partial charge in [0, 0.05) is 44.5 Å². The van der Waals surface area contributed by atoms with Crippen LogP contribution in [0.25, 0.3) is 0 Å². The quantitative estimate of drug-likeness (QED) is 0.499. The van der Waals surface area contributed by atoms with Gasteiger partial charge in [-0.15, -0.1) is 11.3 Å². The van der Waals surface area contributed by atoms with Crippen molar-refractivity contribution in [2.75, 3.05) is 44.7 Å². The molecule has 0 spiro atoms. The zero-order valence-corrected chi connectivity index (χ0v) is 17.7. The summed E-state index contributed by atoms with van der Waals surface area (Å²) < 4.78 is 5.42. The van der Waals surface area contributed by atoms with Crippen molar-refractivity contribution in [3.8, 4) is 5.75 Å². The predicted molar refractivity (Wildman–Crippen MR) is 118 cm³/mol. The van der Waals surface area contributed by atoms with Crippen LogP contribution in [0.3, 0.4) is 0 Å². The zero-order valence-electron chi connectivity index (χ0n) is 16.9. The van der Waals surface area contributed by atoms with Gasteiger partial charge in [-0.3, -0.25) is 4.99 Å². The molecule has 1 aromatic heterocycles. The second-order valence-electron chi connectivity index (χ2n) is 6.81.